The molecule has 3 aliphatic rings. The van der Waals surface area contributed by atoms with Crippen molar-refractivity contribution in [1.82, 2.24) is 10.2 Å². The van der Waals surface area contributed by atoms with Crippen molar-refractivity contribution in [2.75, 3.05) is 12.4 Å². The van der Waals surface area contributed by atoms with Crippen LogP contribution < -0.4 is 11.1 Å². The number of rotatable bonds is 6. The Morgan fingerprint density at radius 2 is 2.21 bits per heavy atom. The van der Waals surface area contributed by atoms with Crippen molar-refractivity contribution >= 4 is 35.5 Å². The maximum Gasteiger partial charge on any atom is 0.355 e. The van der Waals surface area contributed by atoms with Crippen LogP contribution in [-0.4, -0.2) is 63.6 Å². The fourth-order valence-corrected chi connectivity index (χ4v) is 4.18. The maximum atomic E-state index is 12.2. The van der Waals surface area contributed by atoms with Crippen molar-refractivity contribution in [1.29, 1.82) is 0 Å². The summed E-state index contributed by atoms with van der Waals surface area (Å²) in [6.07, 6.45) is 0.606. The second-order valence-corrected chi connectivity index (χ2v) is 6.93. The first-order chi connectivity index (χ1) is 11.4. The molecule has 1 saturated heterocycles. The van der Waals surface area contributed by atoms with Gasteiger partial charge in [-0.1, -0.05) is 0 Å². The van der Waals surface area contributed by atoms with Gasteiger partial charge in [0.2, 0.25) is 5.91 Å². The van der Waals surface area contributed by atoms with E-state index in [0.29, 0.717) is 17.9 Å². The van der Waals surface area contributed by atoms with E-state index in [1.54, 1.807) is 0 Å². The fraction of sp³-hybridized carbons (Fsp3) is 0.571. The topological polar surface area (TPSA) is 139 Å². The summed E-state index contributed by atoms with van der Waals surface area (Å²) >= 11 is 1.48. The van der Waals surface area contributed by atoms with E-state index in [9.17, 15) is 19.2 Å². The first kappa shape index (κ1) is 16.8. The van der Waals surface area contributed by atoms with Crippen molar-refractivity contribution in [2.24, 2.45) is 5.73 Å². The van der Waals surface area contributed by atoms with Crippen LogP contribution in [0.2, 0.25) is 0 Å². The number of hydrogen-bond acceptors (Lipinski definition) is 7. The summed E-state index contributed by atoms with van der Waals surface area (Å²) in [6, 6.07) is -1.66. The molecular weight excluding hydrogens is 338 g/mol. The molecule has 0 aromatic rings. The summed E-state index contributed by atoms with van der Waals surface area (Å²) in [4.78, 5) is 47.9. The number of thioether (sulfide) groups is 1. The van der Waals surface area contributed by atoms with Gasteiger partial charge in [0.05, 0.1) is 0 Å². The molecule has 3 heterocycles. The van der Waals surface area contributed by atoms with Gasteiger partial charge in [-0.2, -0.15) is 0 Å². The van der Waals surface area contributed by atoms with E-state index in [-0.39, 0.29) is 36.6 Å². The number of carboxylic acids is 1. The molecule has 3 aliphatic heterocycles. The lowest BCUT2D eigenvalue weighted by molar-refractivity contribution is -0.150. The molecule has 0 spiro atoms. The predicted octanol–water partition coefficient (Wildman–Crippen LogP) is -1.22. The van der Waals surface area contributed by atoms with E-state index in [4.69, 9.17) is 15.6 Å². The monoisotopic (exact) mass is 355 g/mol. The number of carbonyl (C=O) groups excluding carboxylic acids is 3. The quantitative estimate of drug-likeness (QED) is 0.398. The van der Waals surface area contributed by atoms with Crippen LogP contribution in [0, 0.1) is 0 Å². The number of carboxylic acid groups (broad SMARTS) is 1. The van der Waals surface area contributed by atoms with Gasteiger partial charge in [-0.05, 0) is 12.8 Å². The number of aliphatic carboxylic acids is 1. The minimum atomic E-state index is -1.11. The van der Waals surface area contributed by atoms with Gasteiger partial charge >= 0.3 is 11.9 Å². The Balaban J connectivity index is 1.51. The highest BCUT2D eigenvalue weighted by Gasteiger charge is 2.55. The molecule has 0 aliphatic carbocycles. The number of fused-ring (bicyclic) bond motifs is 2. The molecule has 0 bridgehead atoms. The lowest BCUT2D eigenvalue weighted by Gasteiger charge is -2.48. The third-order valence-corrected chi connectivity index (χ3v) is 5.51. The number of nitrogens with two attached hydrogens (primary N) is 1. The predicted molar refractivity (Wildman–Crippen MR) is 82.5 cm³/mol. The number of nitrogens with one attached hydrogen (secondary N) is 1. The summed E-state index contributed by atoms with van der Waals surface area (Å²) in [6.45, 7) is 0.221. The Morgan fingerprint density at radius 3 is 2.92 bits per heavy atom. The van der Waals surface area contributed by atoms with Crippen molar-refractivity contribution in [3.05, 3.63) is 11.3 Å². The molecule has 2 amide bonds. The van der Waals surface area contributed by atoms with E-state index >= 15 is 0 Å². The number of nitrogens with zero attached hydrogens (tertiary/aromatic N) is 1. The largest absolute Gasteiger partial charge is 0.480 e. The van der Waals surface area contributed by atoms with Crippen LogP contribution in [0.4, 0.5) is 0 Å². The number of cyclic esters (lactones) is 1. The molecule has 3 rings (SSSR count). The molecule has 0 aromatic heterocycles. The highest BCUT2D eigenvalue weighted by molar-refractivity contribution is 8.00. The van der Waals surface area contributed by atoms with Crippen molar-refractivity contribution in [3.63, 3.8) is 0 Å². The Hall–Kier alpha value is -2.07. The van der Waals surface area contributed by atoms with Gasteiger partial charge in [-0.25, -0.2) is 4.79 Å². The Labute approximate surface area is 141 Å². The zero-order chi connectivity index (χ0) is 17.4. The van der Waals surface area contributed by atoms with Crippen LogP contribution in [0.3, 0.4) is 0 Å². The highest BCUT2D eigenvalue weighted by Crippen LogP contribution is 2.42. The van der Waals surface area contributed by atoms with Crippen LogP contribution in [0.15, 0.2) is 11.3 Å². The molecule has 1 unspecified atom stereocenters. The number of amides is 2. The molecule has 1 fully saturated rings. The molecule has 4 N–H and O–H groups in total. The Kier molecular flexibility index (Phi) is 4.50. The zero-order valence-electron chi connectivity index (χ0n) is 12.7. The Bertz CT molecular complexity index is 648. The van der Waals surface area contributed by atoms with Gasteiger partial charge in [0, 0.05) is 17.7 Å². The standard InChI is InChI=1S/C14H17N3O6S/c15-7(13(20)21)2-1-3-8(18)16-9-11(19)17-10-6(4-23-14(10)22)5-24-12(9)17/h7,9,12H,1-5,15H2,(H,16,18)(H,20,21)/t7?,9-,12-/m1/s1. The van der Waals surface area contributed by atoms with Crippen molar-refractivity contribution in [3.8, 4) is 0 Å². The summed E-state index contributed by atoms with van der Waals surface area (Å²) in [5.41, 5.74) is 6.50. The first-order valence-corrected chi connectivity index (χ1v) is 8.56. The third kappa shape index (κ3) is 2.86. The first-order valence-electron chi connectivity index (χ1n) is 7.51. The van der Waals surface area contributed by atoms with Gasteiger partial charge in [0.15, 0.2) is 0 Å². The number of carbonyl (C=O) groups is 4. The Morgan fingerprint density at radius 1 is 1.46 bits per heavy atom. The second-order valence-electron chi connectivity index (χ2n) is 5.82. The third-order valence-electron chi connectivity index (χ3n) is 4.17. The molecule has 10 heteroatoms. The fourth-order valence-electron chi connectivity index (χ4n) is 2.86. The number of ether oxygens (including phenoxy) is 1. The summed E-state index contributed by atoms with van der Waals surface area (Å²) in [5, 5.41) is 11.0. The summed E-state index contributed by atoms with van der Waals surface area (Å²) < 4.78 is 4.94. The SMILES string of the molecule is NC(CCCC(=O)N[C@@H]1C(=O)N2C3=C(COC3=O)CS[C@H]12)C(=O)O. The molecule has 24 heavy (non-hydrogen) atoms. The molecule has 3 atom stereocenters. The van der Waals surface area contributed by atoms with Gasteiger partial charge in [0.25, 0.3) is 5.91 Å². The molecule has 9 nitrogen and oxygen atoms in total. The zero-order valence-corrected chi connectivity index (χ0v) is 13.5. The average molecular weight is 355 g/mol. The molecule has 0 radical (unpaired) electrons. The van der Waals surface area contributed by atoms with Gasteiger partial charge < -0.3 is 20.9 Å². The van der Waals surface area contributed by atoms with Crippen LogP contribution >= 0.6 is 11.8 Å². The summed E-state index contributed by atoms with van der Waals surface area (Å²) in [5.74, 6) is -1.66. The molecule has 0 aromatic carbocycles. The van der Waals surface area contributed by atoms with Crippen LogP contribution in [0.25, 0.3) is 0 Å². The van der Waals surface area contributed by atoms with E-state index in [0.717, 1.165) is 5.57 Å². The van der Waals surface area contributed by atoms with E-state index in [1.807, 2.05) is 0 Å². The highest BCUT2D eigenvalue weighted by atomic mass is 32.2. The van der Waals surface area contributed by atoms with E-state index in [2.05, 4.69) is 5.32 Å². The normalized spacial score (nSPS) is 26.3. The van der Waals surface area contributed by atoms with Crippen molar-refractivity contribution < 1.29 is 29.0 Å². The smallest absolute Gasteiger partial charge is 0.355 e. The number of β-lactam (4-membered cyclic amide) rings is 1. The molecule has 130 valence electrons. The minimum absolute atomic E-state index is 0.0954. The van der Waals surface area contributed by atoms with Crippen LogP contribution in [0.1, 0.15) is 19.3 Å². The molecular formula is C14H17N3O6S. The molecule has 0 saturated carbocycles. The van der Waals surface area contributed by atoms with E-state index in [1.165, 1.54) is 16.7 Å². The lowest BCUT2D eigenvalue weighted by Crippen LogP contribution is -2.70. The van der Waals surface area contributed by atoms with Crippen LogP contribution in [-0.2, 0) is 23.9 Å². The minimum Gasteiger partial charge on any atom is -0.480 e. The van der Waals surface area contributed by atoms with Crippen LogP contribution in [0.5, 0.6) is 0 Å². The van der Waals surface area contributed by atoms with Gasteiger partial charge in [-0.15, -0.1) is 11.8 Å². The van der Waals surface area contributed by atoms with Crippen molar-refractivity contribution in [2.45, 2.75) is 36.7 Å². The second kappa shape index (κ2) is 6.44. The summed E-state index contributed by atoms with van der Waals surface area (Å²) in [7, 11) is 0. The van der Waals surface area contributed by atoms with E-state index < -0.39 is 24.0 Å². The lowest BCUT2D eigenvalue weighted by atomic mass is 10.0. The maximum absolute atomic E-state index is 12.2. The van der Waals surface area contributed by atoms with Gasteiger partial charge in [-0.3, -0.25) is 19.3 Å². The average Bonchev–Trinajstić information content (AvgIpc) is 2.92. The number of hydrogen-bond donors (Lipinski definition) is 3. The van der Waals surface area contributed by atoms with Gasteiger partial charge in [0.1, 0.15) is 29.8 Å². The number of esters is 1.